The molecule has 1 amide bonds. The molecule has 1 saturated heterocycles. The van der Waals surface area contributed by atoms with Crippen LogP contribution in [0.5, 0.6) is 0 Å². The van der Waals surface area contributed by atoms with Crippen LogP contribution in [0.25, 0.3) is 0 Å². The van der Waals surface area contributed by atoms with Crippen LogP contribution in [-0.4, -0.2) is 48.4 Å². The van der Waals surface area contributed by atoms with Crippen molar-refractivity contribution in [3.05, 3.63) is 22.4 Å². The average molecular weight is 295 g/mol. The van der Waals surface area contributed by atoms with E-state index < -0.39 is 0 Å². The third kappa shape index (κ3) is 3.81. The molecule has 2 unspecified atom stereocenters. The quantitative estimate of drug-likeness (QED) is 0.900. The van der Waals surface area contributed by atoms with Gasteiger partial charge in [-0.3, -0.25) is 9.69 Å². The van der Waals surface area contributed by atoms with Crippen molar-refractivity contribution in [3.63, 3.8) is 0 Å². The molecule has 1 aromatic heterocycles. The predicted octanol–water partition coefficient (Wildman–Crippen LogP) is 1.77. The van der Waals surface area contributed by atoms with E-state index in [9.17, 15) is 4.79 Å². The second-order valence-electron chi connectivity index (χ2n) is 5.77. The van der Waals surface area contributed by atoms with E-state index >= 15 is 0 Å². The summed E-state index contributed by atoms with van der Waals surface area (Å²) >= 11 is 1.67. The van der Waals surface area contributed by atoms with Gasteiger partial charge >= 0.3 is 0 Å². The first-order chi connectivity index (χ1) is 9.61. The lowest BCUT2D eigenvalue weighted by molar-refractivity contribution is -0.132. The highest BCUT2D eigenvalue weighted by atomic mass is 32.1. The molecule has 0 aliphatic carbocycles. The monoisotopic (exact) mass is 295 g/mol. The lowest BCUT2D eigenvalue weighted by Gasteiger charge is -2.39. The van der Waals surface area contributed by atoms with E-state index in [1.54, 1.807) is 11.3 Å². The molecule has 4 nitrogen and oxygen atoms in total. The Morgan fingerprint density at radius 3 is 3.05 bits per heavy atom. The largest absolute Gasteiger partial charge is 0.340 e. The van der Waals surface area contributed by atoms with Crippen LogP contribution in [0.15, 0.2) is 16.8 Å². The molecule has 112 valence electrons. The Kier molecular flexibility index (Phi) is 5.57. The van der Waals surface area contributed by atoms with Crippen LogP contribution in [0, 0.1) is 5.92 Å². The lowest BCUT2D eigenvalue weighted by atomic mass is 9.91. The van der Waals surface area contributed by atoms with Gasteiger partial charge in [0.25, 0.3) is 0 Å². The SMILES string of the molecule is CC1CCCN(CC(=O)N(C)Cc2ccsc2)C1CN. The Hall–Kier alpha value is -0.910. The summed E-state index contributed by atoms with van der Waals surface area (Å²) in [6.45, 7) is 5.06. The molecule has 0 aromatic carbocycles. The summed E-state index contributed by atoms with van der Waals surface area (Å²) in [7, 11) is 1.88. The lowest BCUT2D eigenvalue weighted by Crippen LogP contribution is -2.52. The summed E-state index contributed by atoms with van der Waals surface area (Å²) in [5, 5.41) is 4.14. The van der Waals surface area contributed by atoms with Crippen molar-refractivity contribution in [1.82, 2.24) is 9.80 Å². The van der Waals surface area contributed by atoms with Gasteiger partial charge in [0.05, 0.1) is 6.54 Å². The third-order valence-electron chi connectivity index (χ3n) is 4.24. The van der Waals surface area contributed by atoms with Gasteiger partial charge in [-0.05, 0) is 47.7 Å². The van der Waals surface area contributed by atoms with Crippen molar-refractivity contribution in [3.8, 4) is 0 Å². The zero-order valence-electron chi connectivity index (χ0n) is 12.4. The molecule has 0 saturated carbocycles. The highest BCUT2D eigenvalue weighted by Crippen LogP contribution is 2.22. The molecule has 1 aliphatic heterocycles. The molecule has 2 rings (SSSR count). The molecule has 20 heavy (non-hydrogen) atoms. The van der Waals surface area contributed by atoms with E-state index in [1.807, 2.05) is 17.3 Å². The van der Waals surface area contributed by atoms with Crippen molar-refractivity contribution in [2.24, 2.45) is 11.7 Å². The van der Waals surface area contributed by atoms with E-state index in [4.69, 9.17) is 5.73 Å². The fourth-order valence-electron chi connectivity index (χ4n) is 2.95. The van der Waals surface area contributed by atoms with Gasteiger partial charge in [-0.2, -0.15) is 11.3 Å². The highest BCUT2D eigenvalue weighted by molar-refractivity contribution is 7.07. The zero-order chi connectivity index (χ0) is 14.5. The van der Waals surface area contributed by atoms with Gasteiger partial charge in [0, 0.05) is 26.2 Å². The van der Waals surface area contributed by atoms with Crippen molar-refractivity contribution >= 4 is 17.2 Å². The number of likely N-dealkylation sites (tertiary alicyclic amines) is 1. The van der Waals surface area contributed by atoms with E-state index in [0.717, 1.165) is 6.54 Å². The van der Waals surface area contributed by atoms with Crippen LogP contribution in [-0.2, 0) is 11.3 Å². The molecule has 2 heterocycles. The number of thiophene rings is 1. The zero-order valence-corrected chi connectivity index (χ0v) is 13.2. The summed E-state index contributed by atoms with van der Waals surface area (Å²) in [5.74, 6) is 0.771. The van der Waals surface area contributed by atoms with Crippen LogP contribution < -0.4 is 5.73 Å². The normalized spacial score (nSPS) is 23.8. The van der Waals surface area contributed by atoms with Crippen LogP contribution in [0.1, 0.15) is 25.3 Å². The van der Waals surface area contributed by atoms with E-state index in [-0.39, 0.29) is 5.91 Å². The molecule has 2 atom stereocenters. The maximum atomic E-state index is 12.4. The number of hydrogen-bond acceptors (Lipinski definition) is 4. The topological polar surface area (TPSA) is 49.6 Å². The first kappa shape index (κ1) is 15.5. The molecule has 2 N–H and O–H groups in total. The Morgan fingerprint density at radius 2 is 2.40 bits per heavy atom. The predicted molar refractivity (Wildman–Crippen MR) is 83.6 cm³/mol. The van der Waals surface area contributed by atoms with E-state index in [2.05, 4.69) is 23.3 Å². The summed E-state index contributed by atoms with van der Waals surface area (Å²) < 4.78 is 0. The number of nitrogens with two attached hydrogens (primary N) is 1. The number of piperidine rings is 1. The number of carbonyl (C=O) groups excluding carboxylic acids is 1. The molecular weight excluding hydrogens is 270 g/mol. The maximum Gasteiger partial charge on any atom is 0.236 e. The standard InChI is InChI=1S/C15H25N3OS/c1-12-4-3-6-18(14(12)8-16)10-15(19)17(2)9-13-5-7-20-11-13/h5,7,11-12,14H,3-4,6,8-10,16H2,1-2H3. The minimum atomic E-state index is 0.184. The number of likely N-dealkylation sites (N-methyl/N-ethyl adjacent to an activating group) is 1. The summed E-state index contributed by atoms with van der Waals surface area (Å²) in [6.07, 6.45) is 2.39. The highest BCUT2D eigenvalue weighted by Gasteiger charge is 2.29. The van der Waals surface area contributed by atoms with Crippen molar-refractivity contribution < 1.29 is 4.79 Å². The van der Waals surface area contributed by atoms with E-state index in [0.29, 0.717) is 31.6 Å². The second-order valence-corrected chi connectivity index (χ2v) is 6.55. The van der Waals surface area contributed by atoms with Gasteiger partial charge in [-0.25, -0.2) is 0 Å². The molecular formula is C15H25N3OS. The summed E-state index contributed by atoms with van der Waals surface area (Å²) in [6, 6.07) is 2.42. The molecule has 0 radical (unpaired) electrons. The van der Waals surface area contributed by atoms with E-state index in [1.165, 1.54) is 18.4 Å². The molecule has 5 heteroatoms. The Labute approximate surface area is 125 Å². The average Bonchev–Trinajstić information content (AvgIpc) is 2.91. The number of nitrogens with zero attached hydrogens (tertiary/aromatic N) is 2. The fraction of sp³-hybridized carbons (Fsp3) is 0.667. The number of hydrogen-bond donors (Lipinski definition) is 1. The molecule has 1 aliphatic rings. The Balaban J connectivity index is 1.89. The summed E-state index contributed by atoms with van der Waals surface area (Å²) in [5.41, 5.74) is 7.08. The minimum absolute atomic E-state index is 0.184. The smallest absolute Gasteiger partial charge is 0.236 e. The minimum Gasteiger partial charge on any atom is -0.340 e. The van der Waals surface area contributed by atoms with Gasteiger partial charge in [0.2, 0.25) is 5.91 Å². The first-order valence-electron chi connectivity index (χ1n) is 7.31. The Morgan fingerprint density at radius 1 is 1.60 bits per heavy atom. The fourth-order valence-corrected chi connectivity index (χ4v) is 3.61. The van der Waals surface area contributed by atoms with Crippen molar-refractivity contribution in [2.45, 2.75) is 32.4 Å². The Bertz CT molecular complexity index is 421. The van der Waals surface area contributed by atoms with Gasteiger partial charge in [-0.15, -0.1) is 0 Å². The number of carbonyl (C=O) groups is 1. The second kappa shape index (κ2) is 7.20. The van der Waals surface area contributed by atoms with Crippen molar-refractivity contribution in [1.29, 1.82) is 0 Å². The number of rotatable bonds is 5. The van der Waals surface area contributed by atoms with Gasteiger partial charge in [0.1, 0.15) is 0 Å². The van der Waals surface area contributed by atoms with Gasteiger partial charge in [-0.1, -0.05) is 6.92 Å². The van der Waals surface area contributed by atoms with Crippen molar-refractivity contribution in [2.75, 3.05) is 26.7 Å². The van der Waals surface area contributed by atoms with Crippen LogP contribution in [0.4, 0.5) is 0 Å². The molecule has 1 fully saturated rings. The van der Waals surface area contributed by atoms with Gasteiger partial charge in [0.15, 0.2) is 0 Å². The molecule has 0 bridgehead atoms. The number of amides is 1. The first-order valence-corrected chi connectivity index (χ1v) is 8.25. The van der Waals surface area contributed by atoms with Gasteiger partial charge < -0.3 is 10.6 Å². The van der Waals surface area contributed by atoms with Crippen LogP contribution >= 0.6 is 11.3 Å². The molecule has 0 spiro atoms. The maximum absolute atomic E-state index is 12.4. The van der Waals surface area contributed by atoms with Crippen LogP contribution in [0.2, 0.25) is 0 Å². The van der Waals surface area contributed by atoms with Crippen LogP contribution in [0.3, 0.4) is 0 Å². The molecule has 1 aromatic rings. The summed E-state index contributed by atoms with van der Waals surface area (Å²) in [4.78, 5) is 16.4. The third-order valence-corrected chi connectivity index (χ3v) is 4.97.